The van der Waals surface area contributed by atoms with E-state index in [0.717, 1.165) is 23.1 Å². The minimum Gasteiger partial charge on any atom is -0.368 e. The first-order valence-corrected chi connectivity index (χ1v) is 10.1. The minimum atomic E-state index is -0.675. The molecule has 0 spiro atoms. The quantitative estimate of drug-likeness (QED) is 0.658. The Balaban J connectivity index is 2.77. The summed E-state index contributed by atoms with van der Waals surface area (Å²) in [6.45, 7) is 1.48. The molecule has 0 aliphatic carbocycles. The zero-order chi connectivity index (χ0) is 17.9. The van der Waals surface area contributed by atoms with Gasteiger partial charge >= 0.3 is 0 Å². The molecule has 0 saturated heterocycles. The summed E-state index contributed by atoms with van der Waals surface area (Å²) in [6, 6.07) is 8.94. The number of primary amides is 1. The Morgan fingerprint density at radius 2 is 1.88 bits per heavy atom. The lowest BCUT2D eigenvalue weighted by Gasteiger charge is -2.20. The Hall–Kier alpha value is -1.47. The molecule has 1 aromatic rings. The predicted octanol–water partition coefficient (Wildman–Crippen LogP) is 1.85. The first-order chi connectivity index (χ1) is 11.4. The highest BCUT2D eigenvalue weighted by Gasteiger charge is 2.24. The molecule has 132 valence electrons. The van der Waals surface area contributed by atoms with Crippen molar-refractivity contribution in [3.05, 3.63) is 35.9 Å². The smallest absolute Gasteiger partial charge is 0.240 e. The lowest BCUT2D eigenvalue weighted by Crippen LogP contribution is -2.47. The van der Waals surface area contributed by atoms with Crippen molar-refractivity contribution >= 4 is 40.5 Å². The van der Waals surface area contributed by atoms with E-state index in [2.05, 4.69) is 5.32 Å². The van der Waals surface area contributed by atoms with Gasteiger partial charge in [0.1, 0.15) is 6.04 Å². The van der Waals surface area contributed by atoms with Crippen molar-refractivity contribution in [1.29, 1.82) is 0 Å². The Morgan fingerprint density at radius 1 is 1.21 bits per heavy atom. The number of rotatable bonds is 10. The van der Waals surface area contributed by atoms with Crippen LogP contribution in [0.1, 0.15) is 18.9 Å². The fourth-order valence-corrected chi connectivity index (χ4v) is 3.33. The summed E-state index contributed by atoms with van der Waals surface area (Å²) in [4.78, 5) is 35.4. The summed E-state index contributed by atoms with van der Waals surface area (Å²) >= 11 is 2.71. The molecule has 2 amide bonds. The van der Waals surface area contributed by atoms with E-state index >= 15 is 0 Å². The molecule has 2 atom stereocenters. The van der Waals surface area contributed by atoms with Crippen LogP contribution >= 0.6 is 23.5 Å². The van der Waals surface area contributed by atoms with E-state index in [0.29, 0.717) is 18.6 Å². The van der Waals surface area contributed by atoms with Crippen LogP contribution in [0.15, 0.2) is 30.3 Å². The molecule has 0 radical (unpaired) electrons. The molecule has 5 nitrogen and oxygen atoms in total. The van der Waals surface area contributed by atoms with Crippen LogP contribution in [0.5, 0.6) is 0 Å². The third kappa shape index (κ3) is 7.88. The molecule has 0 unspecified atom stereocenters. The van der Waals surface area contributed by atoms with Crippen molar-refractivity contribution in [2.24, 2.45) is 11.7 Å². The summed E-state index contributed by atoms with van der Waals surface area (Å²) in [5, 5.41) is 2.71. The number of hydrogen-bond donors (Lipinski definition) is 2. The second-order valence-electron chi connectivity index (χ2n) is 5.43. The molecular weight excluding hydrogens is 344 g/mol. The number of amides is 2. The molecule has 24 heavy (non-hydrogen) atoms. The van der Waals surface area contributed by atoms with Crippen LogP contribution in [-0.4, -0.2) is 40.7 Å². The fourth-order valence-electron chi connectivity index (χ4n) is 2.15. The van der Waals surface area contributed by atoms with Gasteiger partial charge in [0.2, 0.25) is 11.8 Å². The molecule has 0 heterocycles. The van der Waals surface area contributed by atoms with Crippen molar-refractivity contribution in [3.63, 3.8) is 0 Å². The van der Waals surface area contributed by atoms with E-state index in [-0.39, 0.29) is 11.0 Å². The molecule has 1 rings (SSSR count). The Morgan fingerprint density at radius 3 is 2.42 bits per heavy atom. The van der Waals surface area contributed by atoms with E-state index in [1.807, 2.05) is 36.6 Å². The Bertz CT molecular complexity index is 552. The maximum Gasteiger partial charge on any atom is 0.240 e. The van der Waals surface area contributed by atoms with Crippen LogP contribution in [0, 0.1) is 5.92 Å². The Kier molecular flexibility index (Phi) is 9.56. The molecule has 3 N–H and O–H groups in total. The van der Waals surface area contributed by atoms with E-state index in [1.165, 1.54) is 6.92 Å². The summed E-state index contributed by atoms with van der Waals surface area (Å²) in [5.74, 6) is -0.0474. The molecule has 0 aliphatic heterocycles. The minimum absolute atomic E-state index is 0.0327. The molecule has 0 fully saturated rings. The average molecular weight is 369 g/mol. The molecule has 0 saturated carbocycles. The third-order valence-corrected chi connectivity index (χ3v) is 5.07. The van der Waals surface area contributed by atoms with Gasteiger partial charge in [0.05, 0.1) is 5.92 Å². The van der Waals surface area contributed by atoms with Gasteiger partial charge in [-0.1, -0.05) is 42.1 Å². The summed E-state index contributed by atoms with van der Waals surface area (Å²) in [6.07, 6.45) is 2.95. The molecular formula is C17H24N2O3S2. The summed E-state index contributed by atoms with van der Waals surface area (Å²) in [7, 11) is 0. The van der Waals surface area contributed by atoms with Crippen LogP contribution in [0.2, 0.25) is 0 Å². The highest BCUT2D eigenvalue weighted by atomic mass is 32.2. The van der Waals surface area contributed by atoms with Crippen LogP contribution in [0.4, 0.5) is 0 Å². The summed E-state index contributed by atoms with van der Waals surface area (Å²) in [5.41, 5.74) is 6.39. The molecule has 0 aromatic heterocycles. The van der Waals surface area contributed by atoms with Gasteiger partial charge in [0.15, 0.2) is 5.12 Å². The molecule has 7 heteroatoms. The number of hydrogen-bond acceptors (Lipinski definition) is 5. The second-order valence-corrected chi connectivity index (χ2v) is 7.62. The van der Waals surface area contributed by atoms with Gasteiger partial charge in [-0.15, -0.1) is 0 Å². The molecule has 0 aliphatic rings. The number of benzene rings is 1. The number of carbonyl (C=O) groups is 3. The SMILES string of the molecule is CSCC[C@@H](NC(=O)[C@@H](CSC(C)=O)Cc1ccccc1)C(N)=O. The standard InChI is InChI=1S/C17H24N2O3S2/c1-12(20)24-11-14(10-13-6-4-3-5-7-13)17(22)19-15(16(18)21)8-9-23-2/h3-7,14-15H,8-11H2,1-2H3,(H2,18,21)(H,19,22)/t14-,15-/m1/s1. The first kappa shape index (κ1) is 20.6. The van der Waals surface area contributed by atoms with Gasteiger partial charge < -0.3 is 11.1 Å². The van der Waals surface area contributed by atoms with E-state index in [4.69, 9.17) is 5.73 Å². The van der Waals surface area contributed by atoms with Crippen molar-refractivity contribution in [1.82, 2.24) is 5.32 Å². The normalized spacial score (nSPS) is 13.1. The van der Waals surface area contributed by atoms with Gasteiger partial charge in [-0.3, -0.25) is 14.4 Å². The van der Waals surface area contributed by atoms with Crippen molar-refractivity contribution < 1.29 is 14.4 Å². The monoisotopic (exact) mass is 368 g/mol. The van der Waals surface area contributed by atoms with Gasteiger partial charge in [-0.05, 0) is 30.4 Å². The number of nitrogens with one attached hydrogen (secondary N) is 1. The van der Waals surface area contributed by atoms with Gasteiger partial charge in [0, 0.05) is 12.7 Å². The topological polar surface area (TPSA) is 89.3 Å². The van der Waals surface area contributed by atoms with Crippen molar-refractivity contribution in [2.75, 3.05) is 17.8 Å². The van der Waals surface area contributed by atoms with Gasteiger partial charge in [-0.2, -0.15) is 11.8 Å². The average Bonchev–Trinajstić information content (AvgIpc) is 2.55. The molecule has 1 aromatic carbocycles. The maximum atomic E-state index is 12.6. The number of thioether (sulfide) groups is 2. The van der Waals surface area contributed by atoms with E-state index < -0.39 is 17.9 Å². The summed E-state index contributed by atoms with van der Waals surface area (Å²) < 4.78 is 0. The van der Waals surface area contributed by atoms with Crippen molar-refractivity contribution in [2.45, 2.75) is 25.8 Å². The van der Waals surface area contributed by atoms with Crippen molar-refractivity contribution in [3.8, 4) is 0 Å². The fraction of sp³-hybridized carbons (Fsp3) is 0.471. The van der Waals surface area contributed by atoms with E-state index in [1.54, 1.807) is 11.8 Å². The number of nitrogens with two attached hydrogens (primary N) is 1. The first-order valence-electron chi connectivity index (χ1n) is 7.70. The highest BCUT2D eigenvalue weighted by molar-refractivity contribution is 8.13. The lowest BCUT2D eigenvalue weighted by molar-refractivity contribution is -0.129. The van der Waals surface area contributed by atoms with Crippen LogP contribution < -0.4 is 11.1 Å². The van der Waals surface area contributed by atoms with Crippen LogP contribution in [-0.2, 0) is 20.8 Å². The second kappa shape index (κ2) is 11.1. The highest BCUT2D eigenvalue weighted by Crippen LogP contribution is 2.16. The zero-order valence-corrected chi connectivity index (χ0v) is 15.6. The van der Waals surface area contributed by atoms with Crippen LogP contribution in [0.25, 0.3) is 0 Å². The predicted molar refractivity (Wildman–Crippen MR) is 101 cm³/mol. The zero-order valence-electron chi connectivity index (χ0n) is 14.0. The van der Waals surface area contributed by atoms with Gasteiger partial charge in [0.25, 0.3) is 0 Å². The van der Waals surface area contributed by atoms with E-state index in [9.17, 15) is 14.4 Å². The largest absolute Gasteiger partial charge is 0.368 e. The third-order valence-electron chi connectivity index (χ3n) is 3.45. The lowest BCUT2D eigenvalue weighted by atomic mass is 9.99. The van der Waals surface area contributed by atoms with Crippen LogP contribution in [0.3, 0.4) is 0 Å². The number of carbonyl (C=O) groups excluding carboxylic acids is 3. The maximum absolute atomic E-state index is 12.6. The Labute approximate surface area is 151 Å². The molecule has 0 bridgehead atoms. The van der Waals surface area contributed by atoms with Gasteiger partial charge in [-0.25, -0.2) is 0 Å².